The van der Waals surface area contributed by atoms with Crippen LogP contribution in [0, 0.1) is 17.7 Å². The van der Waals surface area contributed by atoms with Crippen molar-refractivity contribution in [2.75, 3.05) is 5.73 Å². The average Bonchev–Trinajstić information content (AvgIpc) is 2.32. The lowest BCUT2D eigenvalue weighted by Gasteiger charge is -1.95. The Morgan fingerprint density at radius 3 is 2.59 bits per heavy atom. The van der Waals surface area contributed by atoms with Crippen molar-refractivity contribution in [1.82, 2.24) is 9.97 Å². The molecular formula is C12H7ClFN3. The van der Waals surface area contributed by atoms with E-state index < -0.39 is 0 Å². The molecule has 2 rings (SSSR count). The Morgan fingerprint density at radius 1 is 1.18 bits per heavy atom. The largest absolute Gasteiger partial charge is 0.381 e. The van der Waals surface area contributed by atoms with E-state index in [1.165, 1.54) is 18.3 Å². The lowest BCUT2D eigenvalue weighted by Crippen LogP contribution is -1.97. The maximum atomic E-state index is 12.7. The van der Waals surface area contributed by atoms with Crippen molar-refractivity contribution in [2.45, 2.75) is 0 Å². The van der Waals surface area contributed by atoms with Crippen LogP contribution in [0.15, 0.2) is 30.5 Å². The molecule has 0 bridgehead atoms. The fraction of sp³-hybridized carbons (Fsp3) is 0. The second-order valence-electron chi connectivity index (χ2n) is 3.18. The van der Waals surface area contributed by atoms with Gasteiger partial charge < -0.3 is 5.73 Å². The summed E-state index contributed by atoms with van der Waals surface area (Å²) in [7, 11) is 0. The molecule has 5 heteroatoms. The second kappa shape index (κ2) is 4.81. The van der Waals surface area contributed by atoms with Crippen LogP contribution in [0.1, 0.15) is 11.3 Å². The molecule has 0 aliphatic carbocycles. The van der Waals surface area contributed by atoms with Crippen molar-refractivity contribution in [3.63, 3.8) is 0 Å². The molecule has 1 aromatic heterocycles. The summed E-state index contributed by atoms with van der Waals surface area (Å²) in [4.78, 5) is 7.76. The van der Waals surface area contributed by atoms with E-state index in [0.717, 1.165) is 0 Å². The fourth-order valence-electron chi connectivity index (χ4n) is 1.13. The molecule has 0 atom stereocenters. The number of nitrogen functional groups attached to an aromatic ring is 1. The van der Waals surface area contributed by atoms with E-state index in [9.17, 15) is 4.39 Å². The first-order chi connectivity index (χ1) is 8.15. The zero-order valence-electron chi connectivity index (χ0n) is 8.61. The van der Waals surface area contributed by atoms with Gasteiger partial charge in [-0.2, -0.15) is 0 Å². The Labute approximate surface area is 102 Å². The van der Waals surface area contributed by atoms with Gasteiger partial charge in [-0.15, -0.1) is 0 Å². The van der Waals surface area contributed by atoms with Crippen molar-refractivity contribution in [3.05, 3.63) is 52.7 Å². The third-order valence-corrected chi connectivity index (χ3v) is 2.12. The van der Waals surface area contributed by atoms with Gasteiger partial charge in [-0.3, -0.25) is 0 Å². The molecule has 0 amide bonds. The van der Waals surface area contributed by atoms with E-state index in [2.05, 4.69) is 21.8 Å². The number of benzene rings is 1. The van der Waals surface area contributed by atoms with Crippen molar-refractivity contribution in [1.29, 1.82) is 0 Å². The molecule has 17 heavy (non-hydrogen) atoms. The van der Waals surface area contributed by atoms with E-state index in [4.69, 9.17) is 17.3 Å². The van der Waals surface area contributed by atoms with Crippen LogP contribution >= 0.6 is 11.6 Å². The van der Waals surface area contributed by atoms with Gasteiger partial charge in [0, 0.05) is 5.56 Å². The van der Waals surface area contributed by atoms with Crippen molar-refractivity contribution >= 4 is 17.4 Å². The van der Waals surface area contributed by atoms with Crippen LogP contribution in [0.2, 0.25) is 5.15 Å². The predicted molar refractivity (Wildman–Crippen MR) is 63.8 cm³/mol. The number of rotatable bonds is 0. The number of nitrogens with zero attached hydrogens (tertiary/aromatic N) is 2. The summed E-state index contributed by atoms with van der Waals surface area (Å²) in [6.45, 7) is 0. The first-order valence-corrected chi connectivity index (χ1v) is 5.08. The Bertz CT molecular complexity index is 599. The molecule has 84 valence electrons. The Hall–Kier alpha value is -2.12. The minimum absolute atomic E-state index is 0.212. The van der Waals surface area contributed by atoms with Gasteiger partial charge in [-0.25, -0.2) is 14.4 Å². The first kappa shape index (κ1) is 11.4. The van der Waals surface area contributed by atoms with Gasteiger partial charge in [0.05, 0.1) is 6.20 Å². The Kier molecular flexibility index (Phi) is 3.22. The normalized spacial score (nSPS) is 9.53. The van der Waals surface area contributed by atoms with Crippen molar-refractivity contribution in [3.8, 4) is 11.8 Å². The number of hydrogen-bond acceptors (Lipinski definition) is 3. The molecule has 0 saturated carbocycles. The number of aromatic nitrogens is 2. The maximum Gasteiger partial charge on any atom is 0.158 e. The SMILES string of the molecule is Nc1ncc(Cl)nc1C#Cc1ccc(F)cc1. The summed E-state index contributed by atoms with van der Waals surface area (Å²) >= 11 is 5.67. The molecule has 0 unspecified atom stereocenters. The molecular weight excluding hydrogens is 241 g/mol. The van der Waals surface area contributed by atoms with Crippen molar-refractivity contribution in [2.24, 2.45) is 0 Å². The minimum atomic E-state index is -0.308. The molecule has 1 heterocycles. The molecule has 2 aromatic rings. The first-order valence-electron chi connectivity index (χ1n) is 4.71. The second-order valence-corrected chi connectivity index (χ2v) is 3.57. The maximum absolute atomic E-state index is 12.7. The van der Waals surface area contributed by atoms with Crippen LogP contribution in [-0.4, -0.2) is 9.97 Å². The highest BCUT2D eigenvalue weighted by Gasteiger charge is 1.99. The minimum Gasteiger partial charge on any atom is -0.381 e. The van der Waals surface area contributed by atoms with Crippen LogP contribution in [0.4, 0.5) is 10.2 Å². The quantitative estimate of drug-likeness (QED) is 0.727. The van der Waals surface area contributed by atoms with Gasteiger partial charge in [0.15, 0.2) is 11.5 Å². The third kappa shape index (κ3) is 2.92. The van der Waals surface area contributed by atoms with Gasteiger partial charge in [-0.1, -0.05) is 17.5 Å². The van der Waals surface area contributed by atoms with Crippen LogP contribution in [-0.2, 0) is 0 Å². The van der Waals surface area contributed by atoms with Gasteiger partial charge >= 0.3 is 0 Å². The van der Waals surface area contributed by atoms with E-state index >= 15 is 0 Å². The highest BCUT2D eigenvalue weighted by Crippen LogP contribution is 2.08. The van der Waals surface area contributed by atoms with Gasteiger partial charge in [0.2, 0.25) is 0 Å². The van der Waals surface area contributed by atoms with E-state index in [1.54, 1.807) is 12.1 Å². The van der Waals surface area contributed by atoms with Crippen LogP contribution < -0.4 is 5.73 Å². The third-order valence-electron chi connectivity index (χ3n) is 1.94. The standard InChI is InChI=1S/C12H7ClFN3/c13-11-7-16-12(15)10(17-11)6-3-8-1-4-9(14)5-2-8/h1-2,4-5,7H,(H2,15,16). The van der Waals surface area contributed by atoms with E-state index in [1.807, 2.05) is 0 Å². The Balaban J connectivity index is 2.32. The number of anilines is 1. The molecule has 0 radical (unpaired) electrons. The molecule has 0 fully saturated rings. The lowest BCUT2D eigenvalue weighted by atomic mass is 10.2. The molecule has 0 saturated heterocycles. The topological polar surface area (TPSA) is 51.8 Å². The van der Waals surface area contributed by atoms with Crippen LogP contribution in [0.25, 0.3) is 0 Å². The summed E-state index contributed by atoms with van der Waals surface area (Å²) in [5.41, 5.74) is 6.55. The van der Waals surface area contributed by atoms with Crippen molar-refractivity contribution < 1.29 is 4.39 Å². The lowest BCUT2D eigenvalue weighted by molar-refractivity contribution is 0.627. The number of nitrogens with two attached hydrogens (primary N) is 1. The highest BCUT2D eigenvalue weighted by molar-refractivity contribution is 6.29. The molecule has 0 aliphatic heterocycles. The zero-order valence-corrected chi connectivity index (χ0v) is 9.37. The summed E-state index contributed by atoms with van der Waals surface area (Å²) in [5.74, 6) is 5.44. The highest BCUT2D eigenvalue weighted by atomic mass is 35.5. The van der Waals surface area contributed by atoms with Gasteiger partial charge in [-0.05, 0) is 30.2 Å². The van der Waals surface area contributed by atoms with Gasteiger partial charge in [0.1, 0.15) is 11.0 Å². The smallest absolute Gasteiger partial charge is 0.158 e. The Morgan fingerprint density at radius 2 is 1.88 bits per heavy atom. The van der Waals surface area contributed by atoms with E-state index in [-0.39, 0.29) is 16.8 Å². The number of hydrogen-bond donors (Lipinski definition) is 1. The van der Waals surface area contributed by atoms with Crippen LogP contribution in [0.3, 0.4) is 0 Å². The summed E-state index contributed by atoms with van der Waals surface area (Å²) < 4.78 is 12.7. The summed E-state index contributed by atoms with van der Waals surface area (Å²) in [5, 5.41) is 0.225. The zero-order chi connectivity index (χ0) is 12.3. The average molecular weight is 248 g/mol. The molecule has 0 aliphatic rings. The van der Waals surface area contributed by atoms with Crippen LogP contribution in [0.5, 0.6) is 0 Å². The fourth-order valence-corrected chi connectivity index (χ4v) is 1.27. The molecule has 0 spiro atoms. The molecule has 2 N–H and O–H groups in total. The predicted octanol–water partition coefficient (Wildman–Crippen LogP) is 2.25. The number of halogens is 2. The molecule has 1 aromatic carbocycles. The van der Waals surface area contributed by atoms with Gasteiger partial charge in [0.25, 0.3) is 0 Å². The molecule has 3 nitrogen and oxygen atoms in total. The summed E-state index contributed by atoms with van der Waals surface area (Å²) in [6, 6.07) is 5.79. The monoisotopic (exact) mass is 247 g/mol. The summed E-state index contributed by atoms with van der Waals surface area (Å²) in [6.07, 6.45) is 1.35. The van der Waals surface area contributed by atoms with E-state index in [0.29, 0.717) is 11.3 Å².